The van der Waals surface area contributed by atoms with Crippen LogP contribution in [0.2, 0.25) is 0 Å². The second-order valence-corrected chi connectivity index (χ2v) is 5.96. The SMILES string of the molecule is COc1ncccc1C(=O)N1Cc2cnc(N3CCOCC3)nc2C1. The van der Waals surface area contributed by atoms with Crippen LogP contribution in [0.1, 0.15) is 21.6 Å². The monoisotopic (exact) mass is 341 g/mol. The minimum atomic E-state index is -0.115. The number of carbonyl (C=O) groups is 1. The summed E-state index contributed by atoms with van der Waals surface area (Å²) in [4.78, 5) is 29.9. The zero-order valence-electron chi connectivity index (χ0n) is 14.0. The van der Waals surface area contributed by atoms with Gasteiger partial charge < -0.3 is 19.3 Å². The molecular formula is C17H19N5O3. The molecule has 0 saturated carbocycles. The summed E-state index contributed by atoms with van der Waals surface area (Å²) >= 11 is 0. The predicted octanol–water partition coefficient (Wildman–Crippen LogP) is 0.873. The van der Waals surface area contributed by atoms with Crippen LogP contribution in [0.5, 0.6) is 5.88 Å². The molecule has 0 spiro atoms. The molecule has 1 amide bonds. The van der Waals surface area contributed by atoms with E-state index in [0.29, 0.717) is 43.7 Å². The smallest absolute Gasteiger partial charge is 0.260 e. The van der Waals surface area contributed by atoms with E-state index in [9.17, 15) is 4.79 Å². The average molecular weight is 341 g/mol. The fourth-order valence-corrected chi connectivity index (χ4v) is 3.09. The van der Waals surface area contributed by atoms with Crippen molar-refractivity contribution in [1.29, 1.82) is 0 Å². The third-order valence-corrected chi connectivity index (χ3v) is 4.42. The first kappa shape index (κ1) is 15.8. The van der Waals surface area contributed by atoms with Gasteiger partial charge in [0.15, 0.2) is 0 Å². The largest absolute Gasteiger partial charge is 0.480 e. The summed E-state index contributed by atoms with van der Waals surface area (Å²) < 4.78 is 10.6. The van der Waals surface area contributed by atoms with E-state index in [-0.39, 0.29) is 5.91 Å². The topological polar surface area (TPSA) is 80.7 Å². The standard InChI is InChI=1S/C17H19N5O3/c1-24-15-13(3-2-4-18-15)16(23)22-10-12-9-19-17(20-14(12)11-22)21-5-7-25-8-6-21/h2-4,9H,5-8,10-11H2,1H3. The van der Waals surface area contributed by atoms with Gasteiger partial charge in [-0.05, 0) is 12.1 Å². The van der Waals surface area contributed by atoms with Crippen molar-refractivity contribution in [1.82, 2.24) is 19.9 Å². The summed E-state index contributed by atoms with van der Waals surface area (Å²) in [7, 11) is 1.51. The van der Waals surface area contributed by atoms with Crippen molar-refractivity contribution < 1.29 is 14.3 Å². The van der Waals surface area contributed by atoms with Crippen molar-refractivity contribution >= 4 is 11.9 Å². The van der Waals surface area contributed by atoms with Crippen molar-refractivity contribution in [2.75, 3.05) is 38.3 Å². The van der Waals surface area contributed by atoms with Crippen molar-refractivity contribution in [3.8, 4) is 5.88 Å². The van der Waals surface area contributed by atoms with Crippen LogP contribution >= 0.6 is 0 Å². The van der Waals surface area contributed by atoms with Crippen LogP contribution in [-0.4, -0.2) is 59.2 Å². The number of morpholine rings is 1. The fourth-order valence-electron chi connectivity index (χ4n) is 3.09. The van der Waals surface area contributed by atoms with E-state index >= 15 is 0 Å². The van der Waals surface area contributed by atoms with Crippen LogP contribution in [0.25, 0.3) is 0 Å². The average Bonchev–Trinajstić information content (AvgIpc) is 3.11. The number of rotatable bonds is 3. The summed E-state index contributed by atoms with van der Waals surface area (Å²) in [5.41, 5.74) is 2.33. The second kappa shape index (κ2) is 6.64. The third-order valence-electron chi connectivity index (χ3n) is 4.42. The first-order chi connectivity index (χ1) is 12.3. The Kier molecular flexibility index (Phi) is 4.19. The zero-order valence-corrected chi connectivity index (χ0v) is 14.0. The number of anilines is 1. The second-order valence-electron chi connectivity index (χ2n) is 5.96. The molecule has 4 rings (SSSR count). The van der Waals surface area contributed by atoms with E-state index < -0.39 is 0 Å². The van der Waals surface area contributed by atoms with Gasteiger partial charge in [-0.2, -0.15) is 0 Å². The van der Waals surface area contributed by atoms with E-state index in [2.05, 4.69) is 19.9 Å². The normalized spacial score (nSPS) is 16.7. The highest BCUT2D eigenvalue weighted by atomic mass is 16.5. The fraction of sp³-hybridized carbons (Fsp3) is 0.412. The Hall–Kier alpha value is -2.74. The Bertz CT molecular complexity index is 792. The lowest BCUT2D eigenvalue weighted by Gasteiger charge is -2.26. The van der Waals surface area contributed by atoms with E-state index in [4.69, 9.17) is 9.47 Å². The number of ether oxygens (including phenoxy) is 2. The van der Waals surface area contributed by atoms with Gasteiger partial charge in [-0.15, -0.1) is 0 Å². The zero-order chi connectivity index (χ0) is 17.2. The highest BCUT2D eigenvalue weighted by molar-refractivity contribution is 5.96. The van der Waals surface area contributed by atoms with Crippen LogP contribution in [0, 0.1) is 0 Å². The van der Waals surface area contributed by atoms with E-state index in [1.165, 1.54) is 7.11 Å². The first-order valence-electron chi connectivity index (χ1n) is 8.22. The molecule has 4 heterocycles. The van der Waals surface area contributed by atoms with E-state index in [1.807, 2.05) is 6.20 Å². The molecular weight excluding hydrogens is 322 g/mol. The number of nitrogens with zero attached hydrogens (tertiary/aromatic N) is 5. The number of pyridine rings is 1. The summed E-state index contributed by atoms with van der Waals surface area (Å²) in [5, 5.41) is 0. The minimum absolute atomic E-state index is 0.115. The number of carbonyl (C=O) groups excluding carboxylic acids is 1. The summed E-state index contributed by atoms with van der Waals surface area (Å²) in [6.07, 6.45) is 3.43. The van der Waals surface area contributed by atoms with Gasteiger partial charge in [0, 0.05) is 37.6 Å². The van der Waals surface area contributed by atoms with Crippen molar-refractivity contribution in [3.05, 3.63) is 41.3 Å². The maximum Gasteiger partial charge on any atom is 0.260 e. The van der Waals surface area contributed by atoms with Crippen LogP contribution in [0.4, 0.5) is 5.95 Å². The predicted molar refractivity (Wildman–Crippen MR) is 89.4 cm³/mol. The minimum Gasteiger partial charge on any atom is -0.480 e. The lowest BCUT2D eigenvalue weighted by atomic mass is 10.2. The van der Waals surface area contributed by atoms with Gasteiger partial charge in [0.2, 0.25) is 11.8 Å². The molecule has 0 radical (unpaired) electrons. The Morgan fingerprint density at radius 2 is 2.08 bits per heavy atom. The number of hydrogen-bond donors (Lipinski definition) is 0. The number of aromatic nitrogens is 3. The molecule has 0 atom stereocenters. The molecule has 0 unspecified atom stereocenters. The Morgan fingerprint density at radius 1 is 1.24 bits per heavy atom. The van der Waals surface area contributed by atoms with Gasteiger partial charge in [-0.25, -0.2) is 15.0 Å². The highest BCUT2D eigenvalue weighted by Crippen LogP contribution is 2.26. The van der Waals surface area contributed by atoms with Crippen molar-refractivity contribution in [3.63, 3.8) is 0 Å². The molecule has 1 fully saturated rings. The maximum absolute atomic E-state index is 12.8. The van der Waals surface area contributed by atoms with E-state index in [0.717, 1.165) is 24.3 Å². The van der Waals surface area contributed by atoms with Gasteiger partial charge in [0.25, 0.3) is 5.91 Å². The Balaban J connectivity index is 1.53. The van der Waals surface area contributed by atoms with Gasteiger partial charge in [-0.3, -0.25) is 4.79 Å². The number of methoxy groups -OCH3 is 1. The van der Waals surface area contributed by atoms with Crippen molar-refractivity contribution in [2.45, 2.75) is 13.1 Å². The molecule has 8 heteroatoms. The highest BCUT2D eigenvalue weighted by Gasteiger charge is 2.28. The lowest BCUT2D eigenvalue weighted by molar-refractivity contribution is 0.0746. The van der Waals surface area contributed by atoms with Crippen LogP contribution < -0.4 is 9.64 Å². The number of fused-ring (bicyclic) bond motifs is 1. The Morgan fingerprint density at radius 3 is 2.88 bits per heavy atom. The molecule has 25 heavy (non-hydrogen) atoms. The molecule has 0 bridgehead atoms. The molecule has 8 nitrogen and oxygen atoms in total. The van der Waals surface area contributed by atoms with Crippen LogP contribution in [0.3, 0.4) is 0 Å². The number of amides is 1. The van der Waals surface area contributed by atoms with Gasteiger partial charge in [0.05, 0.1) is 32.6 Å². The molecule has 1 saturated heterocycles. The summed E-state index contributed by atoms with van der Waals surface area (Å²) in [6.45, 7) is 3.90. The molecule has 2 aliphatic heterocycles. The van der Waals surface area contributed by atoms with Crippen LogP contribution in [0.15, 0.2) is 24.5 Å². The molecule has 0 aliphatic carbocycles. The molecule has 0 N–H and O–H groups in total. The molecule has 0 aromatic carbocycles. The Labute approximate surface area is 145 Å². The first-order valence-corrected chi connectivity index (χ1v) is 8.22. The van der Waals surface area contributed by atoms with Gasteiger partial charge in [0.1, 0.15) is 5.56 Å². The van der Waals surface area contributed by atoms with Gasteiger partial charge in [-0.1, -0.05) is 0 Å². The van der Waals surface area contributed by atoms with Crippen molar-refractivity contribution in [2.24, 2.45) is 0 Å². The number of hydrogen-bond acceptors (Lipinski definition) is 7. The van der Waals surface area contributed by atoms with Crippen LogP contribution in [-0.2, 0) is 17.8 Å². The van der Waals surface area contributed by atoms with Gasteiger partial charge >= 0.3 is 0 Å². The summed E-state index contributed by atoms with van der Waals surface area (Å²) in [6, 6.07) is 3.46. The molecule has 2 aromatic heterocycles. The maximum atomic E-state index is 12.8. The third kappa shape index (κ3) is 3.00. The quantitative estimate of drug-likeness (QED) is 0.819. The molecule has 2 aromatic rings. The molecule has 130 valence electrons. The van der Waals surface area contributed by atoms with E-state index in [1.54, 1.807) is 23.2 Å². The lowest BCUT2D eigenvalue weighted by Crippen LogP contribution is -2.37. The summed E-state index contributed by atoms with van der Waals surface area (Å²) in [5.74, 6) is 0.926. The molecule has 2 aliphatic rings.